The third-order valence-corrected chi connectivity index (χ3v) is 4.95. The molecule has 27 heavy (non-hydrogen) atoms. The molecule has 0 saturated carbocycles. The zero-order chi connectivity index (χ0) is 19.5. The first-order valence-electron chi connectivity index (χ1n) is 10.1. The molecule has 1 aliphatic heterocycles. The van der Waals surface area contributed by atoms with Crippen LogP contribution in [0.25, 0.3) is 0 Å². The fraction of sp³-hybridized carbons (Fsp3) is 0.667. The quantitative estimate of drug-likeness (QED) is 0.509. The standard InChI is InChI=1S/C21H37N5O/c1-5-22-20(24-18-21(2,3)27-4)23-11-12-25-13-15-26(16-14-25)17-19-9-7-6-8-10-19/h6-10H,5,11-18H2,1-4H3,(H2,22,23,24). The number of nitrogens with one attached hydrogen (secondary N) is 2. The lowest BCUT2D eigenvalue weighted by atomic mass is 10.1. The molecule has 1 heterocycles. The third-order valence-electron chi connectivity index (χ3n) is 4.95. The molecule has 0 atom stereocenters. The van der Waals surface area contributed by atoms with Crippen molar-refractivity contribution in [3.05, 3.63) is 35.9 Å². The molecule has 0 aromatic heterocycles. The van der Waals surface area contributed by atoms with Gasteiger partial charge in [0, 0.05) is 59.5 Å². The Morgan fingerprint density at radius 3 is 2.37 bits per heavy atom. The summed E-state index contributed by atoms with van der Waals surface area (Å²) in [5.74, 6) is 0.866. The van der Waals surface area contributed by atoms with Crippen LogP contribution in [0, 0.1) is 0 Å². The molecule has 2 rings (SSSR count). The molecule has 0 spiro atoms. The normalized spacial score (nSPS) is 17.1. The molecule has 152 valence electrons. The van der Waals surface area contributed by atoms with Gasteiger partial charge in [-0.05, 0) is 26.3 Å². The monoisotopic (exact) mass is 375 g/mol. The van der Waals surface area contributed by atoms with Crippen molar-refractivity contribution in [1.82, 2.24) is 20.4 Å². The maximum absolute atomic E-state index is 5.44. The van der Waals surface area contributed by atoms with Gasteiger partial charge in [-0.1, -0.05) is 30.3 Å². The second-order valence-corrected chi connectivity index (χ2v) is 7.69. The molecule has 0 bridgehead atoms. The average molecular weight is 376 g/mol. The molecular formula is C21H37N5O. The van der Waals surface area contributed by atoms with Crippen LogP contribution in [0.2, 0.25) is 0 Å². The minimum Gasteiger partial charge on any atom is -0.377 e. The maximum Gasteiger partial charge on any atom is 0.191 e. The van der Waals surface area contributed by atoms with Crippen LogP contribution >= 0.6 is 0 Å². The van der Waals surface area contributed by atoms with Gasteiger partial charge < -0.3 is 15.4 Å². The predicted molar refractivity (Wildman–Crippen MR) is 113 cm³/mol. The lowest BCUT2D eigenvalue weighted by Crippen LogP contribution is -2.49. The van der Waals surface area contributed by atoms with E-state index < -0.39 is 0 Å². The fourth-order valence-corrected chi connectivity index (χ4v) is 3.02. The Morgan fingerprint density at radius 1 is 1.07 bits per heavy atom. The number of aliphatic imine (C=N–C) groups is 1. The number of hydrogen-bond donors (Lipinski definition) is 2. The molecule has 2 N–H and O–H groups in total. The van der Waals surface area contributed by atoms with Gasteiger partial charge in [0.25, 0.3) is 0 Å². The van der Waals surface area contributed by atoms with Crippen molar-refractivity contribution >= 4 is 5.96 Å². The summed E-state index contributed by atoms with van der Waals surface area (Å²) < 4.78 is 5.44. The van der Waals surface area contributed by atoms with E-state index in [0.717, 1.165) is 58.3 Å². The van der Waals surface area contributed by atoms with E-state index in [-0.39, 0.29) is 5.60 Å². The Hall–Kier alpha value is -1.63. The second-order valence-electron chi connectivity index (χ2n) is 7.69. The number of guanidine groups is 1. The Morgan fingerprint density at radius 2 is 1.74 bits per heavy atom. The fourth-order valence-electron chi connectivity index (χ4n) is 3.02. The molecular weight excluding hydrogens is 338 g/mol. The molecule has 0 amide bonds. The zero-order valence-electron chi connectivity index (χ0n) is 17.5. The molecule has 6 heteroatoms. The van der Waals surface area contributed by atoms with Gasteiger partial charge in [-0.15, -0.1) is 0 Å². The summed E-state index contributed by atoms with van der Waals surface area (Å²) in [4.78, 5) is 9.70. The SMILES string of the molecule is CCNC(=NCC(C)(C)OC)NCCN1CCN(Cc2ccccc2)CC1. The number of ether oxygens (including phenoxy) is 1. The number of rotatable bonds is 9. The smallest absolute Gasteiger partial charge is 0.191 e. The lowest BCUT2D eigenvalue weighted by molar-refractivity contribution is 0.0310. The molecule has 0 aliphatic carbocycles. The Balaban J connectivity index is 1.68. The Bertz CT molecular complexity index is 553. The molecule has 1 aromatic carbocycles. The van der Waals surface area contributed by atoms with Gasteiger partial charge in [0.2, 0.25) is 0 Å². The topological polar surface area (TPSA) is 52.1 Å². The highest BCUT2D eigenvalue weighted by atomic mass is 16.5. The van der Waals surface area contributed by atoms with Crippen molar-refractivity contribution in [3.8, 4) is 0 Å². The van der Waals surface area contributed by atoms with Crippen LogP contribution in [0.5, 0.6) is 0 Å². The van der Waals surface area contributed by atoms with E-state index in [0.29, 0.717) is 6.54 Å². The van der Waals surface area contributed by atoms with Crippen molar-refractivity contribution in [3.63, 3.8) is 0 Å². The van der Waals surface area contributed by atoms with E-state index in [2.05, 4.69) is 76.5 Å². The number of nitrogens with zero attached hydrogens (tertiary/aromatic N) is 3. The summed E-state index contributed by atoms with van der Waals surface area (Å²) in [6.07, 6.45) is 0. The summed E-state index contributed by atoms with van der Waals surface area (Å²) in [5.41, 5.74) is 1.16. The maximum atomic E-state index is 5.44. The van der Waals surface area contributed by atoms with E-state index in [1.165, 1.54) is 5.56 Å². The van der Waals surface area contributed by atoms with E-state index in [9.17, 15) is 0 Å². The number of methoxy groups -OCH3 is 1. The van der Waals surface area contributed by atoms with E-state index in [1.54, 1.807) is 7.11 Å². The molecule has 1 aromatic rings. The summed E-state index contributed by atoms with van der Waals surface area (Å²) >= 11 is 0. The van der Waals surface area contributed by atoms with Gasteiger partial charge in [-0.2, -0.15) is 0 Å². The van der Waals surface area contributed by atoms with Crippen LogP contribution in [-0.4, -0.2) is 80.8 Å². The van der Waals surface area contributed by atoms with E-state index in [1.807, 2.05) is 0 Å². The van der Waals surface area contributed by atoms with Crippen LogP contribution < -0.4 is 10.6 Å². The second kappa shape index (κ2) is 11.3. The summed E-state index contributed by atoms with van der Waals surface area (Å²) in [5, 5.41) is 6.75. The van der Waals surface area contributed by atoms with Crippen molar-refractivity contribution in [2.75, 3.05) is 59.5 Å². The predicted octanol–water partition coefficient (Wildman–Crippen LogP) is 1.78. The summed E-state index contributed by atoms with van der Waals surface area (Å²) in [6.45, 7) is 15.2. The minimum atomic E-state index is -0.239. The van der Waals surface area contributed by atoms with Crippen molar-refractivity contribution in [2.45, 2.75) is 32.9 Å². The molecule has 6 nitrogen and oxygen atoms in total. The van der Waals surface area contributed by atoms with Gasteiger partial charge in [-0.3, -0.25) is 14.8 Å². The molecule has 0 radical (unpaired) electrons. The number of benzene rings is 1. The van der Waals surface area contributed by atoms with Crippen LogP contribution in [0.1, 0.15) is 26.3 Å². The first-order chi connectivity index (χ1) is 13.0. The Labute approximate surface area is 165 Å². The first-order valence-corrected chi connectivity index (χ1v) is 10.1. The summed E-state index contributed by atoms with van der Waals surface area (Å²) in [6, 6.07) is 10.7. The first kappa shape index (κ1) is 21.7. The molecule has 1 fully saturated rings. The van der Waals surface area contributed by atoms with E-state index >= 15 is 0 Å². The highest BCUT2D eigenvalue weighted by molar-refractivity contribution is 5.79. The zero-order valence-corrected chi connectivity index (χ0v) is 17.5. The molecule has 1 aliphatic rings. The van der Waals surface area contributed by atoms with Gasteiger partial charge in [0.1, 0.15) is 0 Å². The average Bonchev–Trinajstić information content (AvgIpc) is 2.68. The Kier molecular flexibility index (Phi) is 9.04. The van der Waals surface area contributed by atoms with Crippen LogP contribution in [0.15, 0.2) is 35.3 Å². The molecule has 1 saturated heterocycles. The summed E-state index contributed by atoms with van der Waals surface area (Å²) in [7, 11) is 1.73. The van der Waals surface area contributed by atoms with Crippen molar-refractivity contribution in [2.24, 2.45) is 4.99 Å². The highest BCUT2D eigenvalue weighted by Crippen LogP contribution is 2.08. The molecule has 0 unspecified atom stereocenters. The van der Waals surface area contributed by atoms with Gasteiger partial charge in [-0.25, -0.2) is 0 Å². The van der Waals surface area contributed by atoms with Gasteiger partial charge >= 0.3 is 0 Å². The minimum absolute atomic E-state index is 0.239. The lowest BCUT2D eigenvalue weighted by Gasteiger charge is -2.34. The van der Waals surface area contributed by atoms with Crippen molar-refractivity contribution < 1.29 is 4.74 Å². The van der Waals surface area contributed by atoms with Gasteiger partial charge in [0.05, 0.1) is 12.1 Å². The van der Waals surface area contributed by atoms with Crippen LogP contribution in [-0.2, 0) is 11.3 Å². The highest BCUT2D eigenvalue weighted by Gasteiger charge is 2.17. The van der Waals surface area contributed by atoms with Gasteiger partial charge in [0.15, 0.2) is 5.96 Å². The van der Waals surface area contributed by atoms with E-state index in [4.69, 9.17) is 4.74 Å². The van der Waals surface area contributed by atoms with Crippen LogP contribution in [0.4, 0.5) is 0 Å². The third kappa shape index (κ3) is 8.28. The number of hydrogen-bond acceptors (Lipinski definition) is 4. The van der Waals surface area contributed by atoms with Crippen molar-refractivity contribution in [1.29, 1.82) is 0 Å². The van der Waals surface area contributed by atoms with Crippen LogP contribution in [0.3, 0.4) is 0 Å². The largest absolute Gasteiger partial charge is 0.377 e. The number of piperazine rings is 1.